The van der Waals surface area contributed by atoms with Gasteiger partial charge in [0.1, 0.15) is 5.54 Å². The summed E-state index contributed by atoms with van der Waals surface area (Å²) >= 11 is 0. The highest BCUT2D eigenvalue weighted by molar-refractivity contribution is 7.94. The molecule has 1 N–H and O–H groups in total. The Morgan fingerprint density at radius 1 is 1.24 bits per heavy atom. The van der Waals surface area contributed by atoms with E-state index in [1.807, 2.05) is 6.07 Å². The van der Waals surface area contributed by atoms with E-state index in [4.69, 9.17) is 5.26 Å². The van der Waals surface area contributed by atoms with Crippen molar-refractivity contribution in [1.82, 2.24) is 4.72 Å². The summed E-state index contributed by atoms with van der Waals surface area (Å²) in [5.74, 6) is -0.872. The lowest BCUT2D eigenvalue weighted by molar-refractivity contribution is -0.123. The number of nitriles is 1. The number of carbonyl (C=O) groups excluding carboxylic acids is 1. The maximum Gasteiger partial charge on any atom is 0.247 e. The summed E-state index contributed by atoms with van der Waals surface area (Å²) in [4.78, 5) is 12.2. The first-order chi connectivity index (χ1) is 11.2. The second kappa shape index (κ2) is 5.79. The van der Waals surface area contributed by atoms with Crippen molar-refractivity contribution in [2.24, 2.45) is 5.41 Å². The highest BCUT2D eigenvalue weighted by Crippen LogP contribution is 2.35. The van der Waals surface area contributed by atoms with Gasteiger partial charge in [-0.05, 0) is 52.0 Å². The minimum absolute atomic E-state index is 0.0778. The van der Waals surface area contributed by atoms with E-state index in [2.05, 4.69) is 4.72 Å². The Morgan fingerprint density at radius 3 is 2.16 bits per heavy atom. The maximum absolute atomic E-state index is 12.3. The highest BCUT2D eigenvalue weighted by Gasteiger charge is 2.49. The van der Waals surface area contributed by atoms with Crippen molar-refractivity contribution in [3.8, 4) is 6.07 Å². The number of nitrogens with zero attached hydrogens (tertiary/aromatic N) is 2. The summed E-state index contributed by atoms with van der Waals surface area (Å²) in [7, 11) is -7.76. The van der Waals surface area contributed by atoms with E-state index in [1.165, 1.54) is 38.1 Å². The fourth-order valence-corrected chi connectivity index (χ4v) is 5.88. The lowest BCUT2D eigenvalue weighted by atomic mass is 9.95. The summed E-state index contributed by atoms with van der Waals surface area (Å²) in [5, 5.41) is 8.94. The van der Waals surface area contributed by atoms with Crippen LogP contribution in [0.1, 0.15) is 27.7 Å². The van der Waals surface area contributed by atoms with Crippen LogP contribution in [-0.4, -0.2) is 34.0 Å². The molecule has 136 valence electrons. The lowest BCUT2D eigenvalue weighted by Crippen LogP contribution is -2.41. The van der Waals surface area contributed by atoms with Crippen LogP contribution in [0.15, 0.2) is 29.2 Å². The molecule has 2 rings (SSSR count). The predicted molar refractivity (Wildman–Crippen MR) is 91.5 cm³/mol. The average Bonchev–Trinajstić information content (AvgIpc) is 2.62. The van der Waals surface area contributed by atoms with E-state index in [-0.39, 0.29) is 16.3 Å². The van der Waals surface area contributed by atoms with Crippen LogP contribution in [-0.2, 0) is 24.8 Å². The lowest BCUT2D eigenvalue weighted by Gasteiger charge is -2.19. The third-order valence-corrected chi connectivity index (χ3v) is 7.33. The van der Waals surface area contributed by atoms with E-state index in [0.717, 1.165) is 0 Å². The average molecular weight is 385 g/mol. The molecule has 0 radical (unpaired) electrons. The van der Waals surface area contributed by atoms with Crippen molar-refractivity contribution in [3.63, 3.8) is 0 Å². The van der Waals surface area contributed by atoms with Gasteiger partial charge >= 0.3 is 0 Å². The molecule has 10 heteroatoms. The Kier molecular flexibility index (Phi) is 4.49. The number of hydrogen-bond acceptors (Lipinski definition) is 6. The number of anilines is 1. The number of nitrogens with one attached hydrogen (secondary N) is 1. The van der Waals surface area contributed by atoms with Crippen LogP contribution in [0.5, 0.6) is 0 Å². The maximum atomic E-state index is 12.3. The predicted octanol–water partition coefficient (Wildman–Crippen LogP) is 0.970. The number of carbonyl (C=O) groups is 1. The van der Waals surface area contributed by atoms with Gasteiger partial charge in [-0.15, -0.1) is 0 Å². The second-order valence-corrected chi connectivity index (χ2v) is 10.5. The molecule has 1 aromatic rings. The Morgan fingerprint density at radius 2 is 1.76 bits per heavy atom. The van der Waals surface area contributed by atoms with E-state index in [9.17, 15) is 21.6 Å². The number of benzene rings is 1. The molecule has 1 aliphatic heterocycles. The summed E-state index contributed by atoms with van der Waals surface area (Å²) < 4.78 is 52.0. The largest absolute Gasteiger partial charge is 0.273 e. The molecule has 1 saturated heterocycles. The molecule has 1 aliphatic rings. The van der Waals surface area contributed by atoms with Gasteiger partial charge in [0.25, 0.3) is 0 Å². The minimum Gasteiger partial charge on any atom is -0.273 e. The topological polar surface area (TPSA) is 124 Å². The van der Waals surface area contributed by atoms with Crippen LogP contribution in [0.4, 0.5) is 5.69 Å². The number of rotatable bonds is 4. The fraction of sp³-hybridized carbons (Fsp3) is 0.467. The van der Waals surface area contributed by atoms with Crippen molar-refractivity contribution in [3.05, 3.63) is 24.3 Å². The number of sulfonamides is 2. The van der Waals surface area contributed by atoms with Crippen molar-refractivity contribution in [2.45, 2.75) is 38.1 Å². The quantitative estimate of drug-likeness (QED) is 0.823. The molecule has 0 aliphatic carbocycles. The molecular formula is C15H19N3O5S2. The van der Waals surface area contributed by atoms with Gasteiger partial charge in [-0.2, -0.15) is 9.98 Å². The van der Waals surface area contributed by atoms with Crippen LogP contribution in [0.25, 0.3) is 0 Å². The normalized spacial score (nSPS) is 19.6. The van der Waals surface area contributed by atoms with Gasteiger partial charge in [0.2, 0.25) is 26.0 Å². The first kappa shape index (κ1) is 19.4. The van der Waals surface area contributed by atoms with Crippen molar-refractivity contribution < 1.29 is 21.6 Å². The molecular weight excluding hydrogens is 366 g/mol. The first-order valence-corrected chi connectivity index (χ1v) is 10.4. The summed E-state index contributed by atoms with van der Waals surface area (Å²) in [6.07, 6.45) is 0. The number of amides is 1. The zero-order valence-electron chi connectivity index (χ0n) is 14.3. The van der Waals surface area contributed by atoms with Crippen molar-refractivity contribution >= 4 is 31.6 Å². The van der Waals surface area contributed by atoms with Gasteiger partial charge in [0.05, 0.1) is 27.8 Å². The van der Waals surface area contributed by atoms with Crippen molar-refractivity contribution in [1.29, 1.82) is 5.26 Å². The van der Waals surface area contributed by atoms with Crippen LogP contribution in [0.3, 0.4) is 0 Å². The van der Waals surface area contributed by atoms with E-state index < -0.39 is 36.9 Å². The van der Waals surface area contributed by atoms with Crippen LogP contribution < -0.4 is 9.03 Å². The molecule has 1 aromatic carbocycles. The smallest absolute Gasteiger partial charge is 0.247 e. The zero-order chi connectivity index (χ0) is 19.3. The Bertz CT molecular complexity index is 955. The fourth-order valence-electron chi connectivity index (χ4n) is 2.44. The summed E-state index contributed by atoms with van der Waals surface area (Å²) in [6.45, 7) is 5.91. The van der Waals surface area contributed by atoms with Crippen molar-refractivity contribution in [2.75, 3.05) is 10.1 Å². The SMILES string of the molecule is CC(C)(C#N)NS(=O)(=O)c1ccc(N2C(=O)C(C)(C)CS2(=O)=O)cc1. The summed E-state index contributed by atoms with van der Waals surface area (Å²) in [5.41, 5.74) is -2.26. The molecule has 1 fully saturated rings. The zero-order valence-corrected chi connectivity index (χ0v) is 15.9. The van der Waals surface area contributed by atoms with Gasteiger partial charge in [-0.3, -0.25) is 4.79 Å². The van der Waals surface area contributed by atoms with Gasteiger partial charge in [0.15, 0.2) is 0 Å². The van der Waals surface area contributed by atoms with Gasteiger partial charge in [-0.1, -0.05) is 0 Å². The highest BCUT2D eigenvalue weighted by atomic mass is 32.2. The summed E-state index contributed by atoms with van der Waals surface area (Å²) in [6, 6.07) is 6.72. The molecule has 0 spiro atoms. The Hall–Kier alpha value is -1.96. The monoisotopic (exact) mass is 385 g/mol. The van der Waals surface area contributed by atoms with Crippen LogP contribution in [0.2, 0.25) is 0 Å². The second-order valence-electron chi connectivity index (χ2n) is 7.05. The van der Waals surface area contributed by atoms with Gasteiger partial charge in [-0.25, -0.2) is 21.1 Å². The molecule has 0 unspecified atom stereocenters. The van der Waals surface area contributed by atoms with E-state index >= 15 is 0 Å². The molecule has 8 nitrogen and oxygen atoms in total. The molecule has 0 atom stereocenters. The standard InChI is InChI=1S/C15H19N3O5S2/c1-14(2)10-24(20,21)18(13(14)19)11-5-7-12(8-6-11)25(22,23)17-15(3,4)9-16/h5-8,17H,10H2,1-4H3. The third kappa shape index (κ3) is 3.68. The van der Waals surface area contributed by atoms with E-state index in [1.54, 1.807) is 13.8 Å². The van der Waals surface area contributed by atoms with E-state index in [0.29, 0.717) is 4.31 Å². The minimum atomic E-state index is -3.96. The van der Waals surface area contributed by atoms with Gasteiger partial charge in [0, 0.05) is 0 Å². The Balaban J connectivity index is 2.39. The van der Waals surface area contributed by atoms with Crippen LogP contribution >= 0.6 is 0 Å². The molecule has 0 saturated carbocycles. The molecule has 1 amide bonds. The Labute approximate surface area is 147 Å². The molecule has 1 heterocycles. The number of hydrogen-bond donors (Lipinski definition) is 1. The molecule has 25 heavy (non-hydrogen) atoms. The van der Waals surface area contributed by atoms with Crippen LogP contribution in [0, 0.1) is 16.7 Å². The van der Waals surface area contributed by atoms with Gasteiger partial charge < -0.3 is 0 Å². The molecule has 0 bridgehead atoms. The first-order valence-electron chi connectivity index (χ1n) is 7.35. The molecule has 0 aromatic heterocycles. The third-order valence-electron chi connectivity index (χ3n) is 3.64.